The number of nitrogens with zero attached hydrogens (tertiary/aromatic N) is 3. The van der Waals surface area contributed by atoms with Crippen molar-refractivity contribution in [1.29, 1.82) is 0 Å². The van der Waals surface area contributed by atoms with Gasteiger partial charge in [-0.05, 0) is 51.3 Å². The zero-order chi connectivity index (χ0) is 21.6. The molecule has 1 aromatic heterocycles. The molecule has 1 aliphatic rings. The molecule has 0 aliphatic carbocycles. The monoisotopic (exact) mass is 437 g/mol. The van der Waals surface area contributed by atoms with Gasteiger partial charge in [0.1, 0.15) is 17.5 Å². The quantitative estimate of drug-likeness (QED) is 0.582. The molecule has 1 saturated heterocycles. The van der Waals surface area contributed by atoms with Gasteiger partial charge in [0.2, 0.25) is 10.0 Å². The third-order valence-electron chi connectivity index (χ3n) is 4.74. The Bertz CT molecular complexity index is 965. The van der Waals surface area contributed by atoms with Crippen molar-refractivity contribution < 1.29 is 17.5 Å². The van der Waals surface area contributed by atoms with Crippen molar-refractivity contribution in [3.63, 3.8) is 0 Å². The molecule has 0 spiro atoms. The summed E-state index contributed by atoms with van der Waals surface area (Å²) in [4.78, 5) is 11.0. The number of benzene rings is 1. The molecule has 30 heavy (non-hydrogen) atoms. The van der Waals surface area contributed by atoms with Crippen molar-refractivity contribution in [3.05, 3.63) is 35.9 Å². The molecule has 2 N–H and O–H groups in total. The van der Waals surface area contributed by atoms with E-state index >= 15 is 0 Å². The molecule has 0 atom stereocenters. The minimum Gasteiger partial charge on any atom is -0.491 e. The first-order chi connectivity index (χ1) is 14.4. The number of hydrogen-bond acceptors (Lipinski definition) is 7. The summed E-state index contributed by atoms with van der Waals surface area (Å²) in [5.41, 5.74) is 0. The van der Waals surface area contributed by atoms with Crippen molar-refractivity contribution in [2.75, 3.05) is 43.0 Å². The van der Waals surface area contributed by atoms with Crippen molar-refractivity contribution in [2.24, 2.45) is 0 Å². The number of nitrogens with one attached hydrogen (secondary N) is 2. The van der Waals surface area contributed by atoms with Gasteiger partial charge in [-0.1, -0.05) is 0 Å². The summed E-state index contributed by atoms with van der Waals surface area (Å²) in [5.74, 6) is 1.51. The van der Waals surface area contributed by atoms with Crippen molar-refractivity contribution in [1.82, 2.24) is 14.7 Å². The lowest BCUT2D eigenvalue weighted by Gasteiger charge is -2.28. The van der Waals surface area contributed by atoms with Gasteiger partial charge in [-0.3, -0.25) is 0 Å². The predicted octanol–water partition coefficient (Wildman–Crippen LogP) is 2.70. The van der Waals surface area contributed by atoms with Crippen LogP contribution in [0.2, 0.25) is 0 Å². The Hall–Kier alpha value is -2.46. The molecule has 0 radical (unpaired) electrons. The van der Waals surface area contributed by atoms with E-state index in [0.717, 1.165) is 37.8 Å². The second kappa shape index (κ2) is 10.0. The number of aromatic nitrogens is 2. The van der Waals surface area contributed by atoms with Gasteiger partial charge in [-0.2, -0.15) is 0 Å². The van der Waals surface area contributed by atoms with Gasteiger partial charge in [0.05, 0.1) is 11.5 Å². The third-order valence-corrected chi connectivity index (χ3v) is 6.20. The fraction of sp³-hybridized carbons (Fsp3) is 0.500. The SMILES string of the molecule is CCOc1ccc(S(=O)(=O)NCCNc2cc(N3CCCCC3)nc(C)n2)cc1F. The number of aryl methyl sites for hydroxylation is 1. The highest BCUT2D eigenvalue weighted by Gasteiger charge is 2.17. The first-order valence-corrected chi connectivity index (χ1v) is 11.6. The Kier molecular flexibility index (Phi) is 7.43. The van der Waals surface area contributed by atoms with Crippen molar-refractivity contribution >= 4 is 21.7 Å². The van der Waals surface area contributed by atoms with Crippen LogP contribution in [-0.2, 0) is 10.0 Å². The normalized spacial score (nSPS) is 14.6. The minimum absolute atomic E-state index is 0.0294. The fourth-order valence-electron chi connectivity index (χ4n) is 3.31. The predicted molar refractivity (Wildman–Crippen MR) is 114 cm³/mol. The van der Waals surface area contributed by atoms with E-state index in [1.807, 2.05) is 13.0 Å². The topological polar surface area (TPSA) is 96.5 Å². The molecule has 164 valence electrons. The van der Waals surface area contributed by atoms with Crippen molar-refractivity contribution in [3.8, 4) is 5.75 Å². The molecule has 10 heteroatoms. The molecular formula is C20H28FN5O3S. The van der Waals surface area contributed by atoms with Crippen LogP contribution in [-0.4, -0.2) is 51.2 Å². The van der Waals surface area contributed by atoms with Gasteiger partial charge >= 0.3 is 0 Å². The zero-order valence-corrected chi connectivity index (χ0v) is 18.1. The Labute approximate surface area is 176 Å². The summed E-state index contributed by atoms with van der Waals surface area (Å²) >= 11 is 0. The van der Waals surface area contributed by atoms with Gasteiger partial charge in [0.15, 0.2) is 11.6 Å². The molecule has 1 fully saturated rings. The van der Waals surface area contributed by atoms with Crippen LogP contribution in [0.25, 0.3) is 0 Å². The highest BCUT2D eigenvalue weighted by atomic mass is 32.2. The van der Waals surface area contributed by atoms with Crippen LogP contribution in [0, 0.1) is 12.7 Å². The Morgan fingerprint density at radius 3 is 2.60 bits per heavy atom. The standard InChI is InChI=1S/C20H28FN5O3S/c1-3-29-18-8-7-16(13-17(18)21)30(27,28)23-10-9-22-19-14-20(25-15(2)24-19)26-11-5-4-6-12-26/h7-8,13-14,23H,3-6,9-12H2,1-2H3,(H,22,24,25). The maximum atomic E-state index is 14.0. The maximum Gasteiger partial charge on any atom is 0.240 e. The lowest BCUT2D eigenvalue weighted by Crippen LogP contribution is -2.31. The number of rotatable bonds is 9. The number of halogens is 1. The number of hydrogen-bond donors (Lipinski definition) is 2. The molecule has 3 rings (SSSR count). The van der Waals surface area contributed by atoms with E-state index in [0.29, 0.717) is 24.8 Å². The van der Waals surface area contributed by atoms with Gasteiger partial charge in [0.25, 0.3) is 0 Å². The van der Waals surface area contributed by atoms with Gasteiger partial charge in [0, 0.05) is 32.2 Å². The van der Waals surface area contributed by atoms with E-state index in [1.54, 1.807) is 6.92 Å². The lowest BCUT2D eigenvalue weighted by molar-refractivity contribution is 0.321. The average molecular weight is 438 g/mol. The lowest BCUT2D eigenvalue weighted by atomic mass is 10.1. The molecule has 0 bridgehead atoms. The minimum atomic E-state index is -3.83. The fourth-order valence-corrected chi connectivity index (χ4v) is 4.35. The van der Waals surface area contributed by atoms with E-state index in [9.17, 15) is 12.8 Å². The van der Waals surface area contributed by atoms with Crippen LogP contribution in [0.1, 0.15) is 32.0 Å². The molecule has 0 amide bonds. The molecular weight excluding hydrogens is 409 g/mol. The van der Waals surface area contributed by atoms with E-state index < -0.39 is 15.8 Å². The van der Waals surface area contributed by atoms with E-state index in [2.05, 4.69) is 24.9 Å². The first-order valence-electron chi connectivity index (χ1n) is 10.2. The molecule has 2 aromatic rings. The molecule has 1 aliphatic heterocycles. The van der Waals surface area contributed by atoms with Crippen LogP contribution in [0.5, 0.6) is 5.75 Å². The number of sulfonamides is 1. The average Bonchev–Trinajstić information content (AvgIpc) is 2.73. The van der Waals surface area contributed by atoms with Gasteiger partial charge in [-0.15, -0.1) is 0 Å². The van der Waals surface area contributed by atoms with Gasteiger partial charge < -0.3 is 15.0 Å². The second-order valence-electron chi connectivity index (χ2n) is 7.06. The van der Waals surface area contributed by atoms with Crippen LogP contribution in [0.4, 0.5) is 16.0 Å². The van der Waals surface area contributed by atoms with E-state index in [4.69, 9.17) is 4.74 Å². The molecule has 1 aromatic carbocycles. The molecule has 8 nitrogen and oxygen atoms in total. The summed E-state index contributed by atoms with van der Waals surface area (Å²) in [6, 6.07) is 5.48. The number of ether oxygens (including phenoxy) is 1. The molecule has 2 heterocycles. The zero-order valence-electron chi connectivity index (χ0n) is 17.3. The summed E-state index contributed by atoms with van der Waals surface area (Å²) in [5, 5.41) is 3.13. The van der Waals surface area contributed by atoms with Crippen LogP contribution in [0.15, 0.2) is 29.2 Å². The largest absolute Gasteiger partial charge is 0.491 e. The first kappa shape index (κ1) is 22.2. The van der Waals surface area contributed by atoms with Crippen LogP contribution >= 0.6 is 0 Å². The summed E-state index contributed by atoms with van der Waals surface area (Å²) in [6.07, 6.45) is 3.55. The summed E-state index contributed by atoms with van der Waals surface area (Å²) < 4.78 is 46.3. The third kappa shape index (κ3) is 5.79. The summed E-state index contributed by atoms with van der Waals surface area (Å²) in [6.45, 7) is 6.28. The molecule has 0 saturated carbocycles. The van der Waals surface area contributed by atoms with Gasteiger partial charge in [-0.25, -0.2) is 27.5 Å². The van der Waals surface area contributed by atoms with Crippen molar-refractivity contribution in [2.45, 2.75) is 38.0 Å². The van der Waals surface area contributed by atoms with Crippen LogP contribution in [0.3, 0.4) is 0 Å². The maximum absolute atomic E-state index is 14.0. The highest BCUT2D eigenvalue weighted by Crippen LogP contribution is 2.22. The smallest absolute Gasteiger partial charge is 0.240 e. The van der Waals surface area contributed by atoms with Crippen LogP contribution < -0.4 is 19.7 Å². The highest BCUT2D eigenvalue weighted by molar-refractivity contribution is 7.89. The van der Waals surface area contributed by atoms with E-state index in [1.165, 1.54) is 18.6 Å². The number of piperidine rings is 1. The van der Waals surface area contributed by atoms with E-state index in [-0.39, 0.29) is 17.2 Å². The Balaban J connectivity index is 1.56. The second-order valence-corrected chi connectivity index (χ2v) is 8.82. The Morgan fingerprint density at radius 2 is 1.90 bits per heavy atom. The Morgan fingerprint density at radius 1 is 1.13 bits per heavy atom. The molecule has 0 unspecified atom stereocenters. The number of anilines is 2. The summed E-state index contributed by atoms with van der Waals surface area (Å²) in [7, 11) is -3.83.